The maximum absolute atomic E-state index is 10.5. The summed E-state index contributed by atoms with van der Waals surface area (Å²) in [5.74, 6) is 5.52. The highest BCUT2D eigenvalue weighted by Gasteiger charge is 2.39. The van der Waals surface area contributed by atoms with Crippen LogP contribution in [-0.4, -0.2) is 36.8 Å². The van der Waals surface area contributed by atoms with Crippen LogP contribution in [0.5, 0.6) is 0 Å². The van der Waals surface area contributed by atoms with E-state index < -0.39 is 20.0 Å². The molecule has 0 heterocycles. The summed E-state index contributed by atoms with van der Waals surface area (Å²) in [5, 5.41) is 20.0. The summed E-state index contributed by atoms with van der Waals surface area (Å²) in [7, 11) is -1.88. The van der Waals surface area contributed by atoms with Crippen molar-refractivity contribution in [2.24, 2.45) is 0 Å². The second-order valence-electron chi connectivity index (χ2n) is 7.36. The predicted octanol–water partition coefficient (Wildman–Crippen LogP) is 3.48. The van der Waals surface area contributed by atoms with Crippen molar-refractivity contribution in [3.63, 3.8) is 0 Å². The Kier molecular flexibility index (Phi) is 7.38. The summed E-state index contributed by atoms with van der Waals surface area (Å²) in [6.45, 7) is 16.6. The zero-order valence-corrected chi connectivity index (χ0v) is 15.9. The molecule has 0 spiro atoms. The van der Waals surface area contributed by atoms with Crippen LogP contribution in [-0.2, 0) is 4.43 Å². The molecule has 3 nitrogen and oxygen atoms in total. The van der Waals surface area contributed by atoms with Crippen molar-refractivity contribution in [3.05, 3.63) is 11.6 Å². The molecule has 0 aliphatic carbocycles. The Balaban J connectivity index is 4.82. The lowest BCUT2D eigenvalue weighted by atomic mass is 9.98. The van der Waals surface area contributed by atoms with Gasteiger partial charge in [-0.1, -0.05) is 39.5 Å². The van der Waals surface area contributed by atoms with Crippen molar-refractivity contribution in [2.45, 2.75) is 77.8 Å². The van der Waals surface area contributed by atoms with E-state index in [-0.39, 0.29) is 11.6 Å². The lowest BCUT2D eigenvalue weighted by Gasteiger charge is -2.38. The molecule has 0 amide bonds. The third kappa shape index (κ3) is 6.79. The summed E-state index contributed by atoms with van der Waals surface area (Å²) in [5.41, 5.74) is -0.293. The van der Waals surface area contributed by atoms with Gasteiger partial charge in [0.15, 0.2) is 8.32 Å². The van der Waals surface area contributed by atoms with Gasteiger partial charge in [0, 0.05) is 0 Å². The number of hydrogen-bond acceptors (Lipinski definition) is 3. The van der Waals surface area contributed by atoms with Crippen LogP contribution in [0.4, 0.5) is 0 Å². The van der Waals surface area contributed by atoms with Crippen molar-refractivity contribution >= 4 is 8.32 Å². The van der Waals surface area contributed by atoms with Crippen molar-refractivity contribution in [3.8, 4) is 11.8 Å². The van der Waals surface area contributed by atoms with E-state index in [2.05, 4.69) is 45.7 Å². The van der Waals surface area contributed by atoms with E-state index >= 15 is 0 Å². The van der Waals surface area contributed by atoms with Gasteiger partial charge in [-0.15, -0.1) is 0 Å². The fraction of sp³-hybridized carbons (Fsp3) is 0.765. The van der Waals surface area contributed by atoms with Crippen LogP contribution in [0.2, 0.25) is 18.1 Å². The molecule has 0 aliphatic rings. The number of aliphatic hydroxyl groups is 2. The lowest BCUT2D eigenvalue weighted by molar-refractivity contribution is 0.0383. The molecule has 0 aromatic heterocycles. The number of allylic oxidation sites excluding steroid dienone is 1. The van der Waals surface area contributed by atoms with Crippen LogP contribution in [0.1, 0.15) is 48.0 Å². The third-order valence-corrected chi connectivity index (χ3v) is 8.77. The Bertz CT molecular complexity index is 420. The first-order chi connectivity index (χ1) is 9.33. The quantitative estimate of drug-likeness (QED) is 0.603. The molecule has 122 valence electrons. The van der Waals surface area contributed by atoms with Gasteiger partial charge < -0.3 is 14.6 Å². The molecular formula is C17H32O3Si. The average Bonchev–Trinajstić information content (AvgIpc) is 2.34. The van der Waals surface area contributed by atoms with Crippen LogP contribution in [0.3, 0.4) is 0 Å². The fourth-order valence-electron chi connectivity index (χ4n) is 1.15. The average molecular weight is 313 g/mol. The lowest BCUT2D eigenvalue weighted by Crippen LogP contribution is -2.45. The molecule has 2 N–H and O–H groups in total. The van der Waals surface area contributed by atoms with Gasteiger partial charge in [-0.05, 0) is 50.0 Å². The monoisotopic (exact) mass is 312 g/mol. The van der Waals surface area contributed by atoms with E-state index in [1.54, 1.807) is 13.0 Å². The minimum absolute atomic E-state index is 0.117. The minimum atomic E-state index is -1.88. The van der Waals surface area contributed by atoms with Crippen molar-refractivity contribution in [2.75, 3.05) is 6.61 Å². The molecule has 0 saturated heterocycles. The van der Waals surface area contributed by atoms with E-state index in [1.165, 1.54) is 0 Å². The summed E-state index contributed by atoms with van der Waals surface area (Å²) >= 11 is 0. The highest BCUT2D eigenvalue weighted by Crippen LogP contribution is 2.37. The molecular weight excluding hydrogens is 280 g/mol. The van der Waals surface area contributed by atoms with Crippen LogP contribution in [0, 0.1) is 11.8 Å². The Morgan fingerprint density at radius 1 is 1.29 bits per heavy atom. The molecule has 0 saturated carbocycles. The van der Waals surface area contributed by atoms with Gasteiger partial charge in [0.1, 0.15) is 11.7 Å². The van der Waals surface area contributed by atoms with E-state index in [1.807, 2.05) is 13.8 Å². The Labute approximate surface area is 131 Å². The van der Waals surface area contributed by atoms with Gasteiger partial charge in [0.25, 0.3) is 0 Å². The molecule has 0 aromatic rings. The first kappa shape index (κ1) is 20.4. The van der Waals surface area contributed by atoms with Crippen molar-refractivity contribution < 1.29 is 14.6 Å². The summed E-state index contributed by atoms with van der Waals surface area (Å²) in [6.07, 6.45) is 1.65. The summed E-state index contributed by atoms with van der Waals surface area (Å²) in [6, 6.07) is 0. The largest absolute Gasteiger partial charge is 0.414 e. The first-order valence-electron chi connectivity index (χ1n) is 7.56. The van der Waals surface area contributed by atoms with Gasteiger partial charge in [-0.3, -0.25) is 0 Å². The molecule has 2 unspecified atom stereocenters. The standard InChI is InChI=1S/C17H32O3Si/c1-9-15(18)12-10-11-14(2)17(6,19)13-20-21(7,8)16(3,4)5/h11,15,18-19H,9,13H2,1-8H3/b14-11+. The molecule has 0 aromatic carbocycles. The number of hydrogen-bond donors (Lipinski definition) is 2. The SMILES string of the molecule is CCC(O)C#C/C=C(\C)C(C)(O)CO[Si](C)(C)C(C)(C)C. The Hall–Kier alpha value is -0.603. The molecule has 0 fully saturated rings. The van der Waals surface area contributed by atoms with Gasteiger partial charge >= 0.3 is 0 Å². The number of aliphatic hydroxyl groups excluding tert-OH is 1. The molecule has 0 aliphatic heterocycles. The zero-order chi connectivity index (χ0) is 16.9. The minimum Gasteiger partial charge on any atom is -0.414 e. The second kappa shape index (κ2) is 7.60. The topological polar surface area (TPSA) is 49.7 Å². The van der Waals surface area contributed by atoms with E-state index in [9.17, 15) is 10.2 Å². The van der Waals surface area contributed by atoms with E-state index in [4.69, 9.17) is 4.43 Å². The van der Waals surface area contributed by atoms with Crippen molar-refractivity contribution in [1.29, 1.82) is 0 Å². The maximum atomic E-state index is 10.5. The highest BCUT2D eigenvalue weighted by atomic mass is 28.4. The molecule has 2 atom stereocenters. The second-order valence-corrected chi connectivity index (χ2v) is 12.2. The van der Waals surface area contributed by atoms with Crippen LogP contribution >= 0.6 is 0 Å². The third-order valence-electron chi connectivity index (χ3n) is 4.30. The van der Waals surface area contributed by atoms with Crippen molar-refractivity contribution in [1.82, 2.24) is 0 Å². The zero-order valence-electron chi connectivity index (χ0n) is 14.9. The Morgan fingerprint density at radius 3 is 2.24 bits per heavy atom. The van der Waals surface area contributed by atoms with Gasteiger partial charge in [0.05, 0.1) is 6.61 Å². The molecule has 0 rings (SSSR count). The first-order valence-corrected chi connectivity index (χ1v) is 10.5. The predicted molar refractivity (Wildman–Crippen MR) is 91.6 cm³/mol. The fourth-order valence-corrected chi connectivity index (χ4v) is 2.23. The van der Waals surface area contributed by atoms with Gasteiger partial charge in [-0.25, -0.2) is 0 Å². The highest BCUT2D eigenvalue weighted by molar-refractivity contribution is 6.74. The summed E-state index contributed by atoms with van der Waals surface area (Å²) in [4.78, 5) is 0. The molecule has 4 heteroatoms. The van der Waals surface area contributed by atoms with Crippen LogP contribution in [0.15, 0.2) is 11.6 Å². The molecule has 0 radical (unpaired) electrons. The van der Waals surface area contributed by atoms with E-state index in [0.29, 0.717) is 6.42 Å². The van der Waals surface area contributed by atoms with Crippen LogP contribution in [0.25, 0.3) is 0 Å². The van der Waals surface area contributed by atoms with Gasteiger partial charge in [-0.2, -0.15) is 0 Å². The van der Waals surface area contributed by atoms with E-state index in [0.717, 1.165) is 5.57 Å². The van der Waals surface area contributed by atoms with Crippen LogP contribution < -0.4 is 0 Å². The molecule has 0 bridgehead atoms. The smallest absolute Gasteiger partial charge is 0.192 e. The molecule has 21 heavy (non-hydrogen) atoms. The summed E-state index contributed by atoms with van der Waals surface area (Å²) < 4.78 is 6.08. The Morgan fingerprint density at radius 2 is 1.81 bits per heavy atom. The maximum Gasteiger partial charge on any atom is 0.192 e. The normalized spacial score (nSPS) is 17.7. The van der Waals surface area contributed by atoms with Gasteiger partial charge in [0.2, 0.25) is 0 Å². The number of rotatable bonds is 5.